The number of carbonyl (C=O) groups excluding carboxylic acids is 1. The van der Waals surface area contributed by atoms with Gasteiger partial charge in [0.05, 0.1) is 18.8 Å². The fraction of sp³-hybridized carbons (Fsp3) is 0.968. The van der Waals surface area contributed by atoms with Gasteiger partial charge in [-0.05, 0) is 12.8 Å². The van der Waals surface area contributed by atoms with E-state index in [2.05, 4.69) is 19.2 Å². The van der Waals surface area contributed by atoms with Crippen molar-refractivity contribution in [3.63, 3.8) is 0 Å². The molecular formula is C31H63NO5. The number of aliphatic hydroxyl groups excluding tert-OH is 4. The number of hydrogen-bond donors (Lipinski definition) is 5. The number of aliphatic hydroxyl groups is 4. The van der Waals surface area contributed by atoms with Crippen LogP contribution in [0.25, 0.3) is 0 Å². The van der Waals surface area contributed by atoms with Gasteiger partial charge in [-0.3, -0.25) is 4.79 Å². The fourth-order valence-corrected chi connectivity index (χ4v) is 4.93. The SMILES string of the molecule is CCCCCCCCCCCCCCCC(O)C(O)C(CO)NC(=O)C(O)CCCCCCCCCC. The van der Waals surface area contributed by atoms with Crippen molar-refractivity contribution in [1.29, 1.82) is 0 Å². The van der Waals surface area contributed by atoms with Gasteiger partial charge in [-0.25, -0.2) is 0 Å². The molecule has 37 heavy (non-hydrogen) atoms. The molecule has 0 radical (unpaired) electrons. The first-order chi connectivity index (χ1) is 18.0. The van der Waals surface area contributed by atoms with Crippen LogP contribution in [0.3, 0.4) is 0 Å². The molecule has 6 nitrogen and oxygen atoms in total. The van der Waals surface area contributed by atoms with E-state index < -0.39 is 36.9 Å². The minimum atomic E-state index is -1.25. The van der Waals surface area contributed by atoms with Crippen LogP contribution in [-0.2, 0) is 4.79 Å². The maximum atomic E-state index is 12.3. The first-order valence-electron chi connectivity index (χ1n) is 15.9. The molecule has 0 rings (SSSR count). The van der Waals surface area contributed by atoms with Crippen LogP contribution >= 0.6 is 0 Å². The highest BCUT2D eigenvalue weighted by Gasteiger charge is 2.28. The van der Waals surface area contributed by atoms with Gasteiger partial charge in [0, 0.05) is 0 Å². The van der Waals surface area contributed by atoms with E-state index in [9.17, 15) is 25.2 Å². The normalized spacial score (nSPS) is 14.9. The summed E-state index contributed by atoms with van der Waals surface area (Å²) in [6, 6.07) is -0.974. The van der Waals surface area contributed by atoms with Crippen LogP contribution in [0.15, 0.2) is 0 Å². The summed E-state index contributed by atoms with van der Waals surface area (Å²) in [6.07, 6.45) is 22.7. The van der Waals surface area contributed by atoms with Crippen LogP contribution < -0.4 is 5.32 Å². The van der Waals surface area contributed by atoms with E-state index in [0.717, 1.165) is 38.5 Å². The first-order valence-corrected chi connectivity index (χ1v) is 15.9. The smallest absolute Gasteiger partial charge is 0.249 e. The van der Waals surface area contributed by atoms with Gasteiger partial charge < -0.3 is 25.7 Å². The van der Waals surface area contributed by atoms with E-state index in [1.165, 1.54) is 96.3 Å². The average molecular weight is 530 g/mol. The monoisotopic (exact) mass is 529 g/mol. The van der Waals surface area contributed by atoms with Crippen molar-refractivity contribution in [2.45, 2.75) is 186 Å². The van der Waals surface area contributed by atoms with E-state index in [4.69, 9.17) is 0 Å². The number of amides is 1. The molecule has 4 unspecified atom stereocenters. The van der Waals surface area contributed by atoms with Crippen LogP contribution in [0.4, 0.5) is 0 Å². The lowest BCUT2D eigenvalue weighted by Crippen LogP contribution is -2.53. The Balaban J connectivity index is 3.86. The van der Waals surface area contributed by atoms with Crippen molar-refractivity contribution in [2.24, 2.45) is 0 Å². The van der Waals surface area contributed by atoms with Gasteiger partial charge in [0.25, 0.3) is 0 Å². The Morgan fingerprint density at radius 1 is 0.568 bits per heavy atom. The van der Waals surface area contributed by atoms with Crippen molar-refractivity contribution in [2.75, 3.05) is 6.61 Å². The molecule has 0 aliphatic heterocycles. The molecule has 0 aromatic rings. The summed E-state index contributed by atoms with van der Waals surface area (Å²) in [5.41, 5.74) is 0. The lowest BCUT2D eigenvalue weighted by Gasteiger charge is -2.27. The predicted octanol–water partition coefficient (Wildman–Crippen LogP) is 6.56. The fourth-order valence-electron chi connectivity index (χ4n) is 4.93. The zero-order chi connectivity index (χ0) is 27.6. The summed E-state index contributed by atoms with van der Waals surface area (Å²) in [7, 11) is 0. The number of carbonyl (C=O) groups is 1. The summed E-state index contributed by atoms with van der Waals surface area (Å²) in [5.74, 6) is -0.589. The second-order valence-electron chi connectivity index (χ2n) is 11.2. The van der Waals surface area contributed by atoms with Crippen molar-refractivity contribution in [1.82, 2.24) is 5.32 Å². The number of hydrogen-bond acceptors (Lipinski definition) is 5. The topological polar surface area (TPSA) is 110 Å². The number of nitrogens with one attached hydrogen (secondary N) is 1. The minimum Gasteiger partial charge on any atom is -0.394 e. The molecule has 0 aromatic heterocycles. The second kappa shape index (κ2) is 26.9. The van der Waals surface area contributed by atoms with E-state index in [1.54, 1.807) is 0 Å². The highest BCUT2D eigenvalue weighted by atomic mass is 16.3. The van der Waals surface area contributed by atoms with Crippen LogP contribution in [0.5, 0.6) is 0 Å². The van der Waals surface area contributed by atoms with Gasteiger partial charge >= 0.3 is 0 Å². The minimum absolute atomic E-state index is 0.372. The average Bonchev–Trinajstić information content (AvgIpc) is 2.90. The lowest BCUT2D eigenvalue weighted by atomic mass is 9.99. The van der Waals surface area contributed by atoms with Crippen molar-refractivity contribution < 1.29 is 25.2 Å². The number of rotatable bonds is 28. The highest BCUT2D eigenvalue weighted by Crippen LogP contribution is 2.15. The van der Waals surface area contributed by atoms with E-state index in [-0.39, 0.29) is 0 Å². The summed E-state index contributed by atoms with van der Waals surface area (Å²) in [6.45, 7) is 3.97. The largest absolute Gasteiger partial charge is 0.394 e. The molecule has 0 saturated heterocycles. The molecule has 0 spiro atoms. The Bertz CT molecular complexity index is 490. The first kappa shape index (κ1) is 36.3. The van der Waals surface area contributed by atoms with Crippen molar-refractivity contribution in [3.8, 4) is 0 Å². The Kier molecular flexibility index (Phi) is 26.4. The summed E-state index contributed by atoms with van der Waals surface area (Å²) in [4.78, 5) is 12.3. The Labute approximate surface area is 229 Å². The lowest BCUT2D eigenvalue weighted by molar-refractivity contribution is -0.132. The molecule has 222 valence electrons. The summed E-state index contributed by atoms with van der Waals surface area (Å²) < 4.78 is 0. The third-order valence-corrected chi connectivity index (χ3v) is 7.57. The Morgan fingerprint density at radius 2 is 0.919 bits per heavy atom. The quantitative estimate of drug-likeness (QED) is 0.0737. The molecule has 0 heterocycles. The molecule has 5 N–H and O–H groups in total. The molecule has 4 atom stereocenters. The zero-order valence-electron chi connectivity index (χ0n) is 24.5. The highest BCUT2D eigenvalue weighted by molar-refractivity contribution is 5.80. The molecule has 6 heteroatoms. The third-order valence-electron chi connectivity index (χ3n) is 7.57. The van der Waals surface area contributed by atoms with Gasteiger partial charge in [-0.2, -0.15) is 0 Å². The molecule has 0 aliphatic rings. The molecule has 0 saturated carbocycles. The van der Waals surface area contributed by atoms with Crippen LogP contribution in [-0.4, -0.2) is 57.3 Å². The molecule has 1 amide bonds. The zero-order valence-corrected chi connectivity index (χ0v) is 24.5. The predicted molar refractivity (Wildman–Crippen MR) is 155 cm³/mol. The van der Waals surface area contributed by atoms with Crippen LogP contribution in [0.2, 0.25) is 0 Å². The number of unbranched alkanes of at least 4 members (excludes halogenated alkanes) is 19. The summed E-state index contributed by atoms with van der Waals surface area (Å²) in [5, 5.41) is 43.1. The van der Waals surface area contributed by atoms with Crippen molar-refractivity contribution >= 4 is 5.91 Å². The molecule has 0 aliphatic carbocycles. The maximum absolute atomic E-state index is 12.3. The molecule has 0 fully saturated rings. The molecule has 0 bridgehead atoms. The molecular weight excluding hydrogens is 466 g/mol. The summed E-state index contributed by atoms with van der Waals surface area (Å²) >= 11 is 0. The second-order valence-corrected chi connectivity index (χ2v) is 11.2. The van der Waals surface area contributed by atoms with Gasteiger partial charge in [-0.15, -0.1) is 0 Å². The Morgan fingerprint density at radius 3 is 1.30 bits per heavy atom. The van der Waals surface area contributed by atoms with Gasteiger partial charge in [0.1, 0.15) is 12.2 Å². The molecule has 0 aromatic carbocycles. The van der Waals surface area contributed by atoms with Gasteiger partial charge in [0.2, 0.25) is 5.91 Å². The maximum Gasteiger partial charge on any atom is 0.249 e. The van der Waals surface area contributed by atoms with Crippen LogP contribution in [0, 0.1) is 0 Å². The van der Waals surface area contributed by atoms with E-state index in [1.807, 2.05) is 0 Å². The van der Waals surface area contributed by atoms with Crippen molar-refractivity contribution in [3.05, 3.63) is 0 Å². The van der Waals surface area contributed by atoms with E-state index >= 15 is 0 Å². The van der Waals surface area contributed by atoms with Crippen LogP contribution in [0.1, 0.15) is 162 Å². The van der Waals surface area contributed by atoms with Gasteiger partial charge in [-0.1, -0.05) is 149 Å². The standard InChI is InChI=1S/C31H63NO5/c1-3-5-7-9-11-13-14-15-16-17-19-20-22-24-28(34)30(36)27(26-33)32-31(37)29(35)25-23-21-18-12-10-8-6-4-2/h27-30,33-36H,3-26H2,1-2H3,(H,32,37). The van der Waals surface area contributed by atoms with E-state index in [0.29, 0.717) is 12.8 Å². The third kappa shape index (κ3) is 21.9. The Hall–Kier alpha value is -0.690. The van der Waals surface area contributed by atoms with Gasteiger partial charge in [0.15, 0.2) is 0 Å².